The average Bonchev–Trinajstić information content (AvgIpc) is 2.32. The van der Waals surface area contributed by atoms with Crippen molar-refractivity contribution in [3.8, 4) is 0 Å². The lowest BCUT2D eigenvalue weighted by Crippen LogP contribution is -2.70. The first-order valence-corrected chi connectivity index (χ1v) is 5.68. The summed E-state index contributed by atoms with van der Waals surface area (Å²) in [5, 5.41) is 4.85. The van der Waals surface area contributed by atoms with Gasteiger partial charge in [0.15, 0.2) is 6.04 Å². The fourth-order valence-electron chi connectivity index (χ4n) is 1.47. The maximum absolute atomic E-state index is 11.6. The van der Waals surface area contributed by atoms with E-state index in [1.54, 1.807) is 18.2 Å². The molecule has 1 rings (SSSR count). The summed E-state index contributed by atoms with van der Waals surface area (Å²) in [5.41, 5.74) is 0.584. The van der Waals surface area contributed by atoms with Gasteiger partial charge in [-0.2, -0.15) is 0 Å². The monoisotopic (exact) mass is 264 g/mol. The van der Waals surface area contributed by atoms with Gasteiger partial charge in [-0.15, -0.1) is 0 Å². The topological polar surface area (TPSA) is 84.5 Å². The van der Waals surface area contributed by atoms with E-state index in [0.29, 0.717) is 5.57 Å². The molecule has 19 heavy (non-hydrogen) atoms. The second-order valence-electron chi connectivity index (χ2n) is 4.01. The van der Waals surface area contributed by atoms with E-state index in [2.05, 4.69) is 23.8 Å². The Labute approximate surface area is 111 Å². The van der Waals surface area contributed by atoms with Gasteiger partial charge in [-0.3, -0.25) is 14.4 Å². The van der Waals surface area contributed by atoms with E-state index in [1.165, 1.54) is 6.92 Å². The number of carbonyl (C=O) groups excluding carboxylic acids is 3. The molecule has 0 aliphatic carbocycles. The van der Waals surface area contributed by atoms with Crippen LogP contribution in [0.2, 0.25) is 0 Å². The van der Waals surface area contributed by atoms with E-state index in [0.717, 1.165) is 0 Å². The number of hydrogen-bond acceptors (Lipinski definition) is 4. The normalized spacial score (nSPS) is 21.2. The van der Waals surface area contributed by atoms with Crippen molar-refractivity contribution < 1.29 is 19.1 Å². The van der Waals surface area contributed by atoms with Gasteiger partial charge in [0.25, 0.3) is 5.91 Å². The van der Waals surface area contributed by atoms with Gasteiger partial charge in [-0.25, -0.2) is 0 Å². The number of carbonyl (C=O) groups is 3. The molecule has 102 valence electrons. The first-order chi connectivity index (χ1) is 8.93. The summed E-state index contributed by atoms with van der Waals surface area (Å²) in [7, 11) is 0. The van der Waals surface area contributed by atoms with Crippen LogP contribution in [0.4, 0.5) is 0 Å². The molecule has 0 radical (unpaired) electrons. The molecule has 6 nitrogen and oxygen atoms in total. The van der Waals surface area contributed by atoms with Crippen molar-refractivity contribution >= 4 is 17.8 Å². The molecule has 1 saturated heterocycles. The summed E-state index contributed by atoms with van der Waals surface area (Å²) < 4.78 is 4.80. The van der Waals surface area contributed by atoms with Crippen LogP contribution in [0.3, 0.4) is 0 Å². The molecule has 0 saturated carbocycles. The third-order valence-electron chi connectivity index (χ3n) is 2.33. The second kappa shape index (κ2) is 6.53. The minimum atomic E-state index is -0.840. The molecule has 2 unspecified atom stereocenters. The molecular weight excluding hydrogens is 248 g/mol. The molecule has 1 heterocycles. The Balaban J connectivity index is 2.45. The number of allylic oxidation sites excluding steroid dienone is 3. The quantitative estimate of drug-likeness (QED) is 0.407. The Morgan fingerprint density at radius 2 is 2.21 bits per heavy atom. The molecule has 0 aromatic heterocycles. The van der Waals surface area contributed by atoms with Crippen LogP contribution in [0, 0.1) is 0 Å². The summed E-state index contributed by atoms with van der Waals surface area (Å²) in [6.07, 6.45) is 4.13. The average molecular weight is 264 g/mol. The fraction of sp³-hybridized carbons (Fsp3) is 0.308. The van der Waals surface area contributed by atoms with E-state index >= 15 is 0 Å². The lowest BCUT2D eigenvalue weighted by molar-refractivity contribution is -0.164. The number of β-lactam (4-membered cyclic amide) rings is 1. The van der Waals surface area contributed by atoms with Gasteiger partial charge in [0.05, 0.1) is 6.42 Å². The van der Waals surface area contributed by atoms with Gasteiger partial charge in [-0.05, 0) is 5.57 Å². The van der Waals surface area contributed by atoms with E-state index in [4.69, 9.17) is 4.74 Å². The third-order valence-corrected chi connectivity index (χ3v) is 2.33. The number of hydrogen-bond donors (Lipinski definition) is 2. The van der Waals surface area contributed by atoms with Gasteiger partial charge in [0.1, 0.15) is 0 Å². The Kier molecular flexibility index (Phi) is 5.05. The summed E-state index contributed by atoms with van der Waals surface area (Å²) in [6.45, 7) is 8.42. The first-order valence-electron chi connectivity index (χ1n) is 5.68. The van der Waals surface area contributed by atoms with E-state index in [1.807, 2.05) is 0 Å². The van der Waals surface area contributed by atoms with Gasteiger partial charge >= 0.3 is 5.97 Å². The largest absolute Gasteiger partial charge is 0.439 e. The maximum Gasteiger partial charge on any atom is 0.304 e. The highest BCUT2D eigenvalue weighted by Crippen LogP contribution is 2.09. The molecule has 1 fully saturated rings. The van der Waals surface area contributed by atoms with Crippen LogP contribution in [0.5, 0.6) is 0 Å². The van der Waals surface area contributed by atoms with Gasteiger partial charge in [0, 0.05) is 6.92 Å². The predicted octanol–water partition coefficient (Wildman–Crippen LogP) is 0.179. The lowest BCUT2D eigenvalue weighted by atomic mass is 10.1. The highest BCUT2D eigenvalue weighted by atomic mass is 16.6. The molecule has 0 aromatic rings. The predicted molar refractivity (Wildman–Crippen MR) is 68.7 cm³/mol. The van der Waals surface area contributed by atoms with Crippen LogP contribution in [-0.4, -0.2) is 30.1 Å². The number of nitrogens with one attached hydrogen (secondary N) is 2. The second-order valence-corrected chi connectivity index (χ2v) is 4.01. The summed E-state index contributed by atoms with van der Waals surface area (Å²) in [4.78, 5) is 33.7. The highest BCUT2D eigenvalue weighted by Gasteiger charge is 2.42. The van der Waals surface area contributed by atoms with E-state index in [-0.39, 0.29) is 18.2 Å². The molecule has 0 aromatic carbocycles. The van der Waals surface area contributed by atoms with Crippen LogP contribution in [0.25, 0.3) is 0 Å². The molecule has 0 bridgehead atoms. The number of rotatable bonds is 6. The molecule has 2 amide bonds. The van der Waals surface area contributed by atoms with Crippen LogP contribution in [0.1, 0.15) is 13.3 Å². The van der Waals surface area contributed by atoms with Gasteiger partial charge in [-0.1, -0.05) is 31.4 Å². The summed E-state index contributed by atoms with van der Waals surface area (Å²) >= 11 is 0. The van der Waals surface area contributed by atoms with Crippen molar-refractivity contribution in [1.29, 1.82) is 0 Å². The molecule has 6 heteroatoms. The highest BCUT2D eigenvalue weighted by molar-refractivity contribution is 5.94. The zero-order valence-corrected chi connectivity index (χ0v) is 10.6. The minimum Gasteiger partial charge on any atom is -0.439 e. The minimum absolute atomic E-state index is 0.0565. The lowest BCUT2D eigenvalue weighted by Gasteiger charge is -2.35. The zero-order chi connectivity index (χ0) is 14.4. The van der Waals surface area contributed by atoms with Crippen molar-refractivity contribution in [2.24, 2.45) is 0 Å². The van der Waals surface area contributed by atoms with E-state index < -0.39 is 18.2 Å². The fourth-order valence-corrected chi connectivity index (χ4v) is 1.47. The van der Waals surface area contributed by atoms with Crippen LogP contribution >= 0.6 is 0 Å². The van der Waals surface area contributed by atoms with Crippen molar-refractivity contribution in [3.05, 3.63) is 37.0 Å². The third kappa shape index (κ3) is 4.42. The Hall–Kier alpha value is -2.37. The molecule has 0 spiro atoms. The van der Waals surface area contributed by atoms with Gasteiger partial charge < -0.3 is 15.4 Å². The van der Waals surface area contributed by atoms with Crippen LogP contribution in [-0.2, 0) is 19.1 Å². The summed E-state index contributed by atoms with van der Waals surface area (Å²) in [5.74, 6) is -1.27. The summed E-state index contributed by atoms with van der Waals surface area (Å²) in [6, 6.07) is -0.840. The number of ether oxygens (including phenoxy) is 1. The number of amides is 2. The Morgan fingerprint density at radius 1 is 1.53 bits per heavy atom. The van der Waals surface area contributed by atoms with Crippen molar-refractivity contribution in [1.82, 2.24) is 10.6 Å². The number of esters is 1. The first kappa shape index (κ1) is 14.7. The Morgan fingerprint density at radius 3 is 2.74 bits per heavy atom. The standard InChI is InChI=1S/C13H16N2O4/c1-4-5-6-8(2)7-10(17)14-11-12(18)15-13(11)19-9(3)16/h4-6,11,13H,1-2,7H2,3H3,(H,14,17)(H,15,18)/b6-5-. The molecule has 2 N–H and O–H groups in total. The van der Waals surface area contributed by atoms with Crippen LogP contribution < -0.4 is 10.6 Å². The van der Waals surface area contributed by atoms with Crippen molar-refractivity contribution in [3.63, 3.8) is 0 Å². The zero-order valence-electron chi connectivity index (χ0n) is 10.6. The molecule has 1 aliphatic rings. The maximum atomic E-state index is 11.6. The van der Waals surface area contributed by atoms with Gasteiger partial charge in [0.2, 0.25) is 12.1 Å². The molecular formula is C13H16N2O4. The van der Waals surface area contributed by atoms with E-state index in [9.17, 15) is 14.4 Å². The molecule has 2 atom stereocenters. The SMILES string of the molecule is C=C/C=C\C(=C)CC(=O)NC1C(=O)NC1OC(C)=O. The van der Waals surface area contributed by atoms with Crippen LogP contribution in [0.15, 0.2) is 37.0 Å². The Bertz CT molecular complexity index is 454. The van der Waals surface area contributed by atoms with Crippen molar-refractivity contribution in [2.75, 3.05) is 0 Å². The molecule has 1 aliphatic heterocycles. The van der Waals surface area contributed by atoms with Crippen molar-refractivity contribution in [2.45, 2.75) is 25.6 Å². The smallest absolute Gasteiger partial charge is 0.304 e.